The van der Waals surface area contributed by atoms with Crippen molar-refractivity contribution in [3.8, 4) is 0 Å². The van der Waals surface area contributed by atoms with E-state index in [0.717, 1.165) is 5.01 Å². The van der Waals surface area contributed by atoms with Gasteiger partial charge in [-0.05, 0) is 34.6 Å². The number of nitrogens with zero attached hydrogens (tertiary/aromatic N) is 1. The van der Waals surface area contributed by atoms with Crippen molar-refractivity contribution in [2.75, 3.05) is 0 Å². The van der Waals surface area contributed by atoms with Gasteiger partial charge in [0.05, 0.1) is 6.04 Å². The molecule has 0 fully saturated rings. The third-order valence-corrected chi connectivity index (χ3v) is 3.04. The number of aromatic nitrogens is 1. The maximum atomic E-state index is 11.8. The summed E-state index contributed by atoms with van der Waals surface area (Å²) in [6, 6.07) is -0.286. The number of hydrogen-bond donors (Lipinski definition) is 1. The molecule has 0 saturated heterocycles. The maximum absolute atomic E-state index is 11.8. The molecule has 1 aromatic rings. The lowest BCUT2D eigenvalue weighted by Gasteiger charge is -2.24. The first-order valence-electron chi connectivity index (χ1n) is 5.68. The molecule has 1 rings (SSSR count). The Morgan fingerprint density at radius 1 is 1.47 bits per heavy atom. The van der Waals surface area contributed by atoms with Crippen LogP contribution in [0.4, 0.5) is 0 Å². The molecular formula is C12H20N2O2S. The van der Waals surface area contributed by atoms with E-state index in [-0.39, 0.29) is 18.1 Å². The predicted octanol–water partition coefficient (Wildman–Crippen LogP) is 2.52. The summed E-state index contributed by atoms with van der Waals surface area (Å²) < 4.78 is 5.30. The van der Waals surface area contributed by atoms with Crippen molar-refractivity contribution in [2.45, 2.75) is 52.3 Å². The van der Waals surface area contributed by atoms with Gasteiger partial charge >= 0.3 is 5.97 Å². The minimum Gasteiger partial charge on any atom is -0.459 e. The van der Waals surface area contributed by atoms with Gasteiger partial charge in [0.25, 0.3) is 0 Å². The normalized spacial score (nSPS) is 15.4. The van der Waals surface area contributed by atoms with Crippen molar-refractivity contribution in [1.29, 1.82) is 0 Å². The van der Waals surface area contributed by atoms with Crippen LogP contribution in [0.25, 0.3) is 0 Å². The highest BCUT2D eigenvalue weighted by Crippen LogP contribution is 2.16. The average Bonchev–Trinajstić information content (AvgIpc) is 2.67. The van der Waals surface area contributed by atoms with E-state index in [2.05, 4.69) is 10.3 Å². The standard InChI is InChI=1S/C12H20N2O2S/c1-8(10-13-6-7-17-10)14-9(2)11(15)16-12(3,4)5/h6-9,14H,1-5H3. The molecule has 0 bridgehead atoms. The molecule has 17 heavy (non-hydrogen) atoms. The van der Waals surface area contributed by atoms with Crippen molar-refractivity contribution in [2.24, 2.45) is 0 Å². The Kier molecular flexibility index (Phi) is 4.65. The fourth-order valence-electron chi connectivity index (χ4n) is 1.35. The Labute approximate surface area is 106 Å². The number of nitrogens with one attached hydrogen (secondary N) is 1. The van der Waals surface area contributed by atoms with Gasteiger partial charge in [-0.1, -0.05) is 0 Å². The van der Waals surface area contributed by atoms with Gasteiger partial charge in [-0.3, -0.25) is 10.1 Å². The molecule has 0 radical (unpaired) electrons. The van der Waals surface area contributed by atoms with Gasteiger partial charge < -0.3 is 4.74 Å². The zero-order chi connectivity index (χ0) is 13.1. The number of rotatable bonds is 4. The largest absolute Gasteiger partial charge is 0.459 e. The minimum atomic E-state index is -0.447. The Morgan fingerprint density at radius 3 is 2.59 bits per heavy atom. The molecule has 0 spiro atoms. The minimum absolute atomic E-state index is 0.0533. The Hall–Kier alpha value is -0.940. The summed E-state index contributed by atoms with van der Waals surface area (Å²) in [6.07, 6.45) is 1.76. The van der Waals surface area contributed by atoms with Gasteiger partial charge in [-0.25, -0.2) is 4.98 Å². The molecule has 0 aliphatic heterocycles. The maximum Gasteiger partial charge on any atom is 0.323 e. The first-order chi connectivity index (χ1) is 7.79. The van der Waals surface area contributed by atoms with E-state index in [9.17, 15) is 4.79 Å². The van der Waals surface area contributed by atoms with Crippen LogP contribution in [0.1, 0.15) is 45.7 Å². The molecule has 1 aromatic heterocycles. The molecule has 5 heteroatoms. The molecule has 0 saturated carbocycles. The Balaban J connectivity index is 2.49. The number of thiazole rings is 1. The van der Waals surface area contributed by atoms with E-state index in [4.69, 9.17) is 4.74 Å². The van der Waals surface area contributed by atoms with Gasteiger partial charge in [0, 0.05) is 11.6 Å². The average molecular weight is 256 g/mol. The summed E-state index contributed by atoms with van der Waals surface area (Å²) in [4.78, 5) is 16.0. The lowest BCUT2D eigenvalue weighted by molar-refractivity contribution is -0.157. The van der Waals surface area contributed by atoms with Crippen molar-refractivity contribution in [1.82, 2.24) is 10.3 Å². The second-order valence-corrected chi connectivity index (χ2v) is 5.94. The van der Waals surface area contributed by atoms with Crippen LogP contribution in [-0.2, 0) is 9.53 Å². The van der Waals surface area contributed by atoms with Crippen LogP contribution in [-0.4, -0.2) is 22.6 Å². The molecule has 1 heterocycles. The number of carbonyl (C=O) groups excluding carboxylic acids is 1. The number of hydrogen-bond acceptors (Lipinski definition) is 5. The fraction of sp³-hybridized carbons (Fsp3) is 0.667. The summed E-state index contributed by atoms with van der Waals surface area (Å²) in [5.74, 6) is -0.235. The molecular weight excluding hydrogens is 236 g/mol. The van der Waals surface area contributed by atoms with E-state index in [0.29, 0.717) is 0 Å². The first kappa shape index (κ1) is 14.1. The molecule has 2 atom stereocenters. The zero-order valence-corrected chi connectivity index (χ0v) is 11.8. The molecule has 1 N–H and O–H groups in total. The summed E-state index contributed by atoms with van der Waals surface area (Å²) in [5, 5.41) is 6.07. The van der Waals surface area contributed by atoms with Crippen molar-refractivity contribution >= 4 is 17.3 Å². The molecule has 0 aromatic carbocycles. The summed E-state index contributed by atoms with van der Waals surface area (Å²) in [6.45, 7) is 9.38. The molecule has 96 valence electrons. The molecule has 2 unspecified atom stereocenters. The molecule has 0 aliphatic rings. The second kappa shape index (κ2) is 5.60. The Morgan fingerprint density at radius 2 is 2.12 bits per heavy atom. The second-order valence-electron chi connectivity index (χ2n) is 5.01. The highest BCUT2D eigenvalue weighted by atomic mass is 32.1. The van der Waals surface area contributed by atoms with Gasteiger partial charge in [0.1, 0.15) is 16.7 Å². The smallest absolute Gasteiger partial charge is 0.323 e. The SMILES string of the molecule is CC(NC(C)c1nccs1)C(=O)OC(C)(C)C. The van der Waals surface area contributed by atoms with E-state index >= 15 is 0 Å². The molecule has 0 aliphatic carbocycles. The monoisotopic (exact) mass is 256 g/mol. The summed E-state index contributed by atoms with van der Waals surface area (Å²) in [7, 11) is 0. The van der Waals surface area contributed by atoms with Crippen LogP contribution < -0.4 is 5.32 Å². The lowest BCUT2D eigenvalue weighted by Crippen LogP contribution is -2.40. The van der Waals surface area contributed by atoms with Gasteiger partial charge in [-0.15, -0.1) is 11.3 Å². The van der Waals surface area contributed by atoms with Crippen LogP contribution in [0, 0.1) is 0 Å². The van der Waals surface area contributed by atoms with Gasteiger partial charge in [0.15, 0.2) is 0 Å². The highest BCUT2D eigenvalue weighted by molar-refractivity contribution is 7.09. The van der Waals surface area contributed by atoms with Crippen LogP contribution in [0.15, 0.2) is 11.6 Å². The van der Waals surface area contributed by atoms with Crippen molar-refractivity contribution < 1.29 is 9.53 Å². The van der Waals surface area contributed by atoms with Crippen LogP contribution in [0.3, 0.4) is 0 Å². The lowest BCUT2D eigenvalue weighted by atomic mass is 10.2. The third kappa shape index (κ3) is 4.83. The van der Waals surface area contributed by atoms with Gasteiger partial charge in [0.2, 0.25) is 0 Å². The van der Waals surface area contributed by atoms with E-state index in [1.54, 1.807) is 24.5 Å². The molecule has 0 amide bonds. The van der Waals surface area contributed by atoms with E-state index < -0.39 is 5.60 Å². The van der Waals surface area contributed by atoms with Crippen LogP contribution in [0.5, 0.6) is 0 Å². The quantitative estimate of drug-likeness (QED) is 0.841. The van der Waals surface area contributed by atoms with Crippen LogP contribution >= 0.6 is 11.3 Å². The summed E-state index contributed by atoms with van der Waals surface area (Å²) >= 11 is 1.57. The molecule has 4 nitrogen and oxygen atoms in total. The zero-order valence-electron chi connectivity index (χ0n) is 11.0. The van der Waals surface area contributed by atoms with E-state index in [1.807, 2.05) is 33.1 Å². The Bertz CT molecular complexity index is 357. The first-order valence-corrected chi connectivity index (χ1v) is 6.56. The van der Waals surface area contributed by atoms with E-state index in [1.165, 1.54) is 0 Å². The van der Waals surface area contributed by atoms with Crippen molar-refractivity contribution in [3.05, 3.63) is 16.6 Å². The topological polar surface area (TPSA) is 51.2 Å². The van der Waals surface area contributed by atoms with Crippen molar-refractivity contribution in [3.63, 3.8) is 0 Å². The number of carbonyl (C=O) groups is 1. The van der Waals surface area contributed by atoms with Crippen LogP contribution in [0.2, 0.25) is 0 Å². The number of esters is 1. The summed E-state index contributed by atoms with van der Waals surface area (Å²) in [5.41, 5.74) is -0.447. The van der Waals surface area contributed by atoms with Gasteiger partial charge in [-0.2, -0.15) is 0 Å². The third-order valence-electron chi connectivity index (χ3n) is 2.08. The fourth-order valence-corrected chi connectivity index (χ4v) is 2.01. The number of ether oxygens (including phenoxy) is 1. The predicted molar refractivity (Wildman–Crippen MR) is 69.0 cm³/mol. The highest BCUT2D eigenvalue weighted by Gasteiger charge is 2.23.